The molecule has 29 heavy (non-hydrogen) atoms. The Balaban J connectivity index is 1.46. The summed E-state index contributed by atoms with van der Waals surface area (Å²) in [5.41, 5.74) is 3.13. The number of rotatable bonds is 3. The number of halogens is 3. The van der Waals surface area contributed by atoms with Crippen LogP contribution in [0.2, 0.25) is 0 Å². The van der Waals surface area contributed by atoms with Crippen molar-refractivity contribution in [2.45, 2.75) is 37.8 Å². The monoisotopic (exact) mass is 408 g/mol. The summed E-state index contributed by atoms with van der Waals surface area (Å²) >= 11 is 0. The minimum absolute atomic E-state index is 0.243. The van der Waals surface area contributed by atoms with Crippen molar-refractivity contribution in [2.75, 3.05) is 11.9 Å². The van der Waals surface area contributed by atoms with Gasteiger partial charge in [0.1, 0.15) is 11.5 Å². The summed E-state index contributed by atoms with van der Waals surface area (Å²) in [4.78, 5) is 12.5. The van der Waals surface area contributed by atoms with Crippen molar-refractivity contribution in [1.82, 2.24) is 5.32 Å². The maximum Gasteiger partial charge on any atom is 0.573 e. The molecule has 154 valence electrons. The maximum absolute atomic E-state index is 12.5. The number of benzene rings is 2. The Morgan fingerprint density at radius 1 is 1.21 bits per heavy atom. The molecule has 0 unspecified atom stereocenters. The van der Waals surface area contributed by atoms with Gasteiger partial charge in [-0.1, -0.05) is 12.1 Å². The van der Waals surface area contributed by atoms with Crippen LogP contribution in [0.1, 0.15) is 29.2 Å². The van der Waals surface area contributed by atoms with Crippen molar-refractivity contribution >= 4 is 11.7 Å². The van der Waals surface area contributed by atoms with Crippen LogP contribution in [0.25, 0.3) is 0 Å². The number of amides is 2. The number of carbonyl (C=O) groups is 1. The molecule has 1 heterocycles. The second-order valence-electron chi connectivity index (χ2n) is 7.04. The predicted molar refractivity (Wildman–Crippen MR) is 98.0 cm³/mol. The molecule has 2 aromatic carbocycles. The molecule has 2 amide bonds. The molecule has 3 N–H and O–H groups in total. The van der Waals surface area contributed by atoms with E-state index in [1.807, 2.05) is 12.1 Å². The third-order valence-electron chi connectivity index (χ3n) is 4.98. The Hall–Kier alpha value is -2.94. The molecule has 0 radical (unpaired) electrons. The highest BCUT2D eigenvalue weighted by molar-refractivity contribution is 5.90. The molecule has 2 aromatic rings. The number of aliphatic hydroxyl groups excluding tert-OH is 1. The van der Waals surface area contributed by atoms with Crippen LogP contribution in [0.5, 0.6) is 11.5 Å². The Morgan fingerprint density at radius 3 is 2.83 bits per heavy atom. The lowest BCUT2D eigenvalue weighted by Gasteiger charge is -2.27. The molecular formula is C20H19F3N2O4. The van der Waals surface area contributed by atoms with Crippen LogP contribution in [0.15, 0.2) is 36.4 Å². The van der Waals surface area contributed by atoms with E-state index in [9.17, 15) is 23.1 Å². The van der Waals surface area contributed by atoms with E-state index < -0.39 is 24.5 Å². The van der Waals surface area contributed by atoms with Gasteiger partial charge in [0.15, 0.2) is 0 Å². The van der Waals surface area contributed by atoms with Gasteiger partial charge in [0, 0.05) is 30.2 Å². The molecular weight excluding hydrogens is 389 g/mol. The second-order valence-corrected chi connectivity index (χ2v) is 7.04. The first kappa shape index (κ1) is 19.4. The summed E-state index contributed by atoms with van der Waals surface area (Å²) in [6, 6.07) is 8.47. The van der Waals surface area contributed by atoms with Crippen LogP contribution in [0.4, 0.5) is 23.7 Å². The first-order valence-electron chi connectivity index (χ1n) is 9.17. The van der Waals surface area contributed by atoms with Gasteiger partial charge >= 0.3 is 12.4 Å². The van der Waals surface area contributed by atoms with E-state index in [2.05, 4.69) is 15.4 Å². The largest absolute Gasteiger partial charge is 0.573 e. The highest BCUT2D eigenvalue weighted by atomic mass is 19.4. The zero-order valence-corrected chi connectivity index (χ0v) is 15.3. The molecule has 2 atom stereocenters. The zero-order chi connectivity index (χ0) is 20.6. The molecule has 2 aliphatic rings. The Morgan fingerprint density at radius 2 is 2.03 bits per heavy atom. The first-order chi connectivity index (χ1) is 13.8. The number of nitrogens with one attached hydrogen (secondary N) is 2. The average Bonchev–Trinajstić information content (AvgIpc) is 3.02. The van der Waals surface area contributed by atoms with E-state index in [4.69, 9.17) is 4.74 Å². The summed E-state index contributed by atoms with van der Waals surface area (Å²) in [5.74, 6) is -0.133. The topological polar surface area (TPSA) is 79.8 Å². The van der Waals surface area contributed by atoms with Crippen LogP contribution >= 0.6 is 0 Å². The van der Waals surface area contributed by atoms with Gasteiger partial charge in [-0.3, -0.25) is 0 Å². The van der Waals surface area contributed by atoms with Gasteiger partial charge in [0.25, 0.3) is 0 Å². The number of carbonyl (C=O) groups excluding carboxylic acids is 1. The fourth-order valence-electron chi connectivity index (χ4n) is 3.78. The Kier molecular flexibility index (Phi) is 4.99. The molecule has 1 aliphatic heterocycles. The molecule has 6 nitrogen and oxygen atoms in total. The summed E-state index contributed by atoms with van der Waals surface area (Å²) < 4.78 is 46.6. The molecule has 0 fully saturated rings. The van der Waals surface area contributed by atoms with E-state index in [0.717, 1.165) is 11.1 Å². The zero-order valence-electron chi connectivity index (χ0n) is 15.3. The quantitative estimate of drug-likeness (QED) is 0.724. The number of anilines is 1. The average molecular weight is 408 g/mol. The van der Waals surface area contributed by atoms with E-state index >= 15 is 0 Å². The van der Waals surface area contributed by atoms with E-state index in [-0.39, 0.29) is 18.1 Å². The van der Waals surface area contributed by atoms with Crippen LogP contribution in [0.3, 0.4) is 0 Å². The number of ether oxygens (including phenoxy) is 2. The number of fused-ring (bicyclic) bond motifs is 2. The van der Waals surface area contributed by atoms with Crippen molar-refractivity contribution < 1.29 is 32.5 Å². The van der Waals surface area contributed by atoms with Crippen molar-refractivity contribution in [2.24, 2.45) is 0 Å². The van der Waals surface area contributed by atoms with E-state index in [1.54, 1.807) is 6.07 Å². The predicted octanol–water partition coefficient (Wildman–Crippen LogP) is 3.69. The molecule has 0 spiro atoms. The minimum atomic E-state index is -4.79. The minimum Gasteiger partial charge on any atom is -0.493 e. The lowest BCUT2D eigenvalue weighted by atomic mass is 10.0. The number of hydrogen-bond acceptors (Lipinski definition) is 4. The van der Waals surface area contributed by atoms with Gasteiger partial charge in [-0.25, -0.2) is 4.79 Å². The number of alkyl halides is 3. The second kappa shape index (κ2) is 7.47. The van der Waals surface area contributed by atoms with Gasteiger partial charge in [-0.05, 0) is 35.7 Å². The molecule has 4 rings (SSSR count). The Bertz CT molecular complexity index is 932. The summed E-state index contributed by atoms with van der Waals surface area (Å²) in [7, 11) is 0. The third-order valence-corrected chi connectivity index (χ3v) is 4.98. The van der Waals surface area contributed by atoms with Gasteiger partial charge in [0.2, 0.25) is 0 Å². The standard InChI is InChI=1S/C20H19F3N2O4/c21-20(22,23)29-13-4-5-14-17(6-7-28-18(14)10-13)25-19(27)24-16-3-1-2-11-8-12(26)9-15(11)16/h1-5,10,12,17,26H,6-9H2,(H2,24,25,27)/t12-,17+/m0/s1. The van der Waals surface area contributed by atoms with Gasteiger partial charge in [-0.2, -0.15) is 0 Å². The highest BCUT2D eigenvalue weighted by Crippen LogP contribution is 2.36. The van der Waals surface area contributed by atoms with Crippen LogP contribution < -0.4 is 20.1 Å². The highest BCUT2D eigenvalue weighted by Gasteiger charge is 2.32. The Labute approximate surface area is 164 Å². The molecule has 0 saturated carbocycles. The molecule has 0 aromatic heterocycles. The molecule has 1 aliphatic carbocycles. The molecule has 0 bridgehead atoms. The number of hydrogen-bond donors (Lipinski definition) is 3. The van der Waals surface area contributed by atoms with E-state index in [1.165, 1.54) is 18.2 Å². The van der Waals surface area contributed by atoms with Crippen molar-refractivity contribution in [1.29, 1.82) is 0 Å². The third kappa shape index (κ3) is 4.40. The van der Waals surface area contributed by atoms with Crippen molar-refractivity contribution in [3.05, 3.63) is 53.1 Å². The SMILES string of the molecule is O=C(Nc1cccc2c1C[C@@H](O)C2)N[C@@H]1CCOc2cc(OC(F)(F)F)ccc21. The summed E-state index contributed by atoms with van der Waals surface area (Å²) in [6.45, 7) is 0.250. The van der Waals surface area contributed by atoms with Crippen LogP contribution in [-0.4, -0.2) is 30.2 Å². The number of aliphatic hydroxyl groups is 1. The van der Waals surface area contributed by atoms with E-state index in [0.29, 0.717) is 30.5 Å². The fourth-order valence-corrected chi connectivity index (χ4v) is 3.78. The first-order valence-corrected chi connectivity index (χ1v) is 9.17. The lowest BCUT2D eigenvalue weighted by Crippen LogP contribution is -2.35. The van der Waals surface area contributed by atoms with Gasteiger partial charge in [-0.15, -0.1) is 13.2 Å². The maximum atomic E-state index is 12.5. The van der Waals surface area contributed by atoms with Gasteiger partial charge < -0.3 is 25.2 Å². The summed E-state index contributed by atoms with van der Waals surface area (Å²) in [6.07, 6.45) is -3.72. The fraction of sp³-hybridized carbons (Fsp3) is 0.350. The number of urea groups is 1. The van der Waals surface area contributed by atoms with Crippen molar-refractivity contribution in [3.63, 3.8) is 0 Å². The molecule has 9 heteroatoms. The smallest absolute Gasteiger partial charge is 0.493 e. The lowest BCUT2D eigenvalue weighted by molar-refractivity contribution is -0.274. The summed E-state index contributed by atoms with van der Waals surface area (Å²) in [5, 5.41) is 15.5. The molecule has 0 saturated heterocycles. The van der Waals surface area contributed by atoms with Crippen LogP contribution in [0, 0.1) is 0 Å². The van der Waals surface area contributed by atoms with Gasteiger partial charge in [0.05, 0.1) is 18.8 Å². The van der Waals surface area contributed by atoms with Crippen LogP contribution in [-0.2, 0) is 12.8 Å². The van der Waals surface area contributed by atoms with Crippen molar-refractivity contribution in [3.8, 4) is 11.5 Å². The normalized spacial score (nSPS) is 20.3.